The van der Waals surface area contributed by atoms with Crippen molar-refractivity contribution < 1.29 is 32.2 Å². The van der Waals surface area contributed by atoms with Gasteiger partial charge in [0.05, 0.1) is 17.2 Å². The molecule has 0 bridgehead atoms. The highest BCUT2D eigenvalue weighted by molar-refractivity contribution is 5.99. The largest absolute Gasteiger partial charge is 0.491 e. The maximum Gasteiger partial charge on any atom is 0.417 e. The summed E-state index contributed by atoms with van der Waals surface area (Å²) in [6, 6.07) is 2.89. The normalized spacial score (nSPS) is 20.4. The predicted molar refractivity (Wildman–Crippen MR) is 89.6 cm³/mol. The Labute approximate surface area is 154 Å². The fourth-order valence-corrected chi connectivity index (χ4v) is 3.20. The van der Waals surface area contributed by atoms with Gasteiger partial charge in [0.25, 0.3) is 5.91 Å². The number of piperazine rings is 1. The zero-order valence-electron chi connectivity index (χ0n) is 15.3. The van der Waals surface area contributed by atoms with Gasteiger partial charge in [-0.3, -0.25) is 4.79 Å². The zero-order valence-corrected chi connectivity index (χ0v) is 15.3. The number of ether oxygens (including phenoxy) is 2. The Kier molecular flexibility index (Phi) is 4.73. The molecular weight excluding hydrogens is 365 g/mol. The first-order valence-electron chi connectivity index (χ1n) is 8.59. The van der Waals surface area contributed by atoms with Crippen LogP contribution in [0.4, 0.5) is 18.0 Å². The number of carbonyl (C=O) groups excluding carboxylic acids is 2. The molecule has 2 amide bonds. The van der Waals surface area contributed by atoms with E-state index in [0.717, 1.165) is 6.07 Å². The topological polar surface area (TPSA) is 59.1 Å². The first-order chi connectivity index (χ1) is 12.5. The van der Waals surface area contributed by atoms with Gasteiger partial charge in [-0.15, -0.1) is 0 Å². The molecule has 9 heteroatoms. The minimum Gasteiger partial charge on any atom is -0.491 e. The standard InChI is InChI=1S/C18H21F3N2O4/c1-17(2,3)27-16(25)22-7-8-23-11(9-22)10-26-13-6-4-5-12(18(19,20)21)14(13)15(23)24/h4-6,11H,7-10H2,1-3H3. The van der Waals surface area contributed by atoms with Gasteiger partial charge in [-0.05, 0) is 32.9 Å². The second kappa shape index (κ2) is 6.61. The lowest BCUT2D eigenvalue weighted by Crippen LogP contribution is -2.58. The van der Waals surface area contributed by atoms with E-state index in [1.165, 1.54) is 21.9 Å². The molecule has 2 heterocycles. The van der Waals surface area contributed by atoms with Crippen molar-refractivity contribution in [1.29, 1.82) is 0 Å². The van der Waals surface area contributed by atoms with Gasteiger partial charge in [-0.1, -0.05) is 6.07 Å². The van der Waals surface area contributed by atoms with Crippen LogP contribution in [0.2, 0.25) is 0 Å². The van der Waals surface area contributed by atoms with Crippen molar-refractivity contribution >= 4 is 12.0 Å². The van der Waals surface area contributed by atoms with Crippen LogP contribution in [0.1, 0.15) is 36.7 Å². The van der Waals surface area contributed by atoms with E-state index in [9.17, 15) is 22.8 Å². The summed E-state index contributed by atoms with van der Waals surface area (Å²) in [7, 11) is 0. The minimum absolute atomic E-state index is 0.000646. The van der Waals surface area contributed by atoms with Crippen LogP contribution in [0.3, 0.4) is 0 Å². The summed E-state index contributed by atoms with van der Waals surface area (Å²) >= 11 is 0. The van der Waals surface area contributed by atoms with Gasteiger partial charge in [0.1, 0.15) is 18.0 Å². The highest BCUT2D eigenvalue weighted by Crippen LogP contribution is 2.38. The van der Waals surface area contributed by atoms with Crippen LogP contribution in [-0.2, 0) is 10.9 Å². The molecule has 1 aromatic carbocycles. The lowest BCUT2D eigenvalue weighted by Gasteiger charge is -2.40. The fraction of sp³-hybridized carbons (Fsp3) is 0.556. The minimum atomic E-state index is -4.66. The van der Waals surface area contributed by atoms with E-state index in [1.807, 2.05) is 0 Å². The average Bonchev–Trinajstić information content (AvgIpc) is 2.69. The van der Waals surface area contributed by atoms with Crippen LogP contribution in [0, 0.1) is 0 Å². The monoisotopic (exact) mass is 386 g/mol. The van der Waals surface area contributed by atoms with Gasteiger partial charge >= 0.3 is 12.3 Å². The number of rotatable bonds is 0. The summed E-state index contributed by atoms with van der Waals surface area (Å²) in [5.41, 5.74) is -2.15. The molecule has 0 aliphatic carbocycles. The van der Waals surface area contributed by atoms with E-state index < -0.39 is 40.9 Å². The Morgan fingerprint density at radius 1 is 1.22 bits per heavy atom. The number of amides is 2. The molecule has 0 spiro atoms. The summed E-state index contributed by atoms with van der Waals surface area (Å²) in [6.45, 7) is 5.66. The molecule has 6 nitrogen and oxygen atoms in total. The second-order valence-corrected chi connectivity index (χ2v) is 7.57. The first kappa shape index (κ1) is 19.3. The number of alkyl halides is 3. The summed E-state index contributed by atoms with van der Waals surface area (Å²) in [5.74, 6) is -0.822. The van der Waals surface area contributed by atoms with Crippen LogP contribution in [0.25, 0.3) is 0 Å². The SMILES string of the molecule is CC(C)(C)OC(=O)N1CCN2C(=O)c3c(cccc3C(F)(F)F)OCC2C1. The predicted octanol–water partition coefficient (Wildman–Crippen LogP) is 3.16. The zero-order chi connectivity index (χ0) is 20.0. The summed E-state index contributed by atoms with van der Waals surface area (Å²) in [4.78, 5) is 27.9. The molecular formula is C18H21F3N2O4. The Morgan fingerprint density at radius 2 is 1.93 bits per heavy atom. The van der Waals surface area contributed by atoms with Crippen LogP contribution >= 0.6 is 0 Å². The van der Waals surface area contributed by atoms with Crippen molar-refractivity contribution in [3.05, 3.63) is 29.3 Å². The quantitative estimate of drug-likeness (QED) is 0.687. The molecule has 2 aliphatic heterocycles. The van der Waals surface area contributed by atoms with E-state index in [-0.39, 0.29) is 32.0 Å². The van der Waals surface area contributed by atoms with Crippen LogP contribution in [0.15, 0.2) is 18.2 Å². The van der Waals surface area contributed by atoms with Gasteiger partial charge in [-0.25, -0.2) is 4.79 Å². The third-order valence-corrected chi connectivity index (χ3v) is 4.37. The van der Waals surface area contributed by atoms with E-state index in [1.54, 1.807) is 20.8 Å². The number of benzene rings is 1. The molecule has 1 saturated heterocycles. The van der Waals surface area contributed by atoms with E-state index in [4.69, 9.17) is 9.47 Å². The van der Waals surface area contributed by atoms with Crippen molar-refractivity contribution in [3.63, 3.8) is 0 Å². The van der Waals surface area contributed by atoms with Gasteiger partial charge < -0.3 is 19.3 Å². The lowest BCUT2D eigenvalue weighted by atomic mass is 10.0. The summed E-state index contributed by atoms with van der Waals surface area (Å²) in [6.07, 6.45) is -5.19. The van der Waals surface area contributed by atoms with Gasteiger partial charge in [0.15, 0.2) is 0 Å². The molecule has 148 valence electrons. The fourth-order valence-electron chi connectivity index (χ4n) is 3.20. The Balaban J connectivity index is 1.84. The molecule has 1 aromatic rings. The highest BCUT2D eigenvalue weighted by atomic mass is 19.4. The number of hydrogen-bond acceptors (Lipinski definition) is 4. The molecule has 1 atom stereocenters. The molecule has 1 fully saturated rings. The molecule has 27 heavy (non-hydrogen) atoms. The van der Waals surface area contributed by atoms with E-state index in [0.29, 0.717) is 0 Å². The maximum atomic E-state index is 13.3. The van der Waals surface area contributed by atoms with Crippen LogP contribution < -0.4 is 4.74 Å². The smallest absolute Gasteiger partial charge is 0.417 e. The molecule has 0 N–H and O–H groups in total. The number of fused-ring (bicyclic) bond motifs is 2. The van der Waals surface area contributed by atoms with Crippen molar-refractivity contribution in [2.45, 2.75) is 38.6 Å². The molecule has 0 saturated carbocycles. The average molecular weight is 386 g/mol. The van der Waals surface area contributed by atoms with E-state index in [2.05, 4.69) is 0 Å². The first-order valence-corrected chi connectivity index (χ1v) is 8.59. The van der Waals surface area contributed by atoms with E-state index >= 15 is 0 Å². The Hall–Kier alpha value is -2.45. The molecule has 1 unspecified atom stereocenters. The maximum absolute atomic E-state index is 13.3. The molecule has 2 aliphatic rings. The van der Waals surface area contributed by atoms with Gasteiger partial charge in [-0.2, -0.15) is 13.2 Å². The molecule has 0 aromatic heterocycles. The Morgan fingerprint density at radius 3 is 2.56 bits per heavy atom. The third kappa shape index (κ3) is 3.96. The van der Waals surface area contributed by atoms with Gasteiger partial charge in [0.2, 0.25) is 0 Å². The number of carbonyl (C=O) groups is 2. The van der Waals surface area contributed by atoms with Crippen LogP contribution in [0.5, 0.6) is 5.75 Å². The van der Waals surface area contributed by atoms with Crippen molar-refractivity contribution in [2.75, 3.05) is 26.2 Å². The summed E-state index contributed by atoms with van der Waals surface area (Å²) in [5, 5.41) is 0. The Bertz CT molecular complexity index is 758. The number of halogens is 3. The number of hydrogen-bond donors (Lipinski definition) is 0. The lowest BCUT2D eigenvalue weighted by molar-refractivity contribution is -0.138. The third-order valence-electron chi connectivity index (χ3n) is 4.37. The highest BCUT2D eigenvalue weighted by Gasteiger charge is 2.43. The van der Waals surface area contributed by atoms with Crippen LogP contribution in [-0.4, -0.2) is 59.7 Å². The second-order valence-electron chi connectivity index (χ2n) is 7.57. The van der Waals surface area contributed by atoms with Crippen molar-refractivity contribution in [3.8, 4) is 5.75 Å². The molecule has 3 rings (SSSR count). The summed E-state index contributed by atoms with van der Waals surface area (Å²) < 4.78 is 50.9. The van der Waals surface area contributed by atoms with Crippen molar-refractivity contribution in [1.82, 2.24) is 9.80 Å². The molecule has 0 radical (unpaired) electrons. The van der Waals surface area contributed by atoms with Crippen molar-refractivity contribution in [2.24, 2.45) is 0 Å². The van der Waals surface area contributed by atoms with Gasteiger partial charge in [0, 0.05) is 19.6 Å². The number of nitrogens with zero attached hydrogens (tertiary/aromatic N) is 2.